The van der Waals surface area contributed by atoms with Crippen LogP contribution >= 0.6 is 0 Å². The maximum Gasteiger partial charge on any atom is 0.236 e. The Morgan fingerprint density at radius 1 is 1.37 bits per heavy atom. The minimum atomic E-state index is 0.143. The molecule has 0 saturated carbocycles. The molecule has 1 amide bonds. The average molecular weight is 260 g/mol. The van der Waals surface area contributed by atoms with Crippen molar-refractivity contribution in [2.75, 3.05) is 19.6 Å². The van der Waals surface area contributed by atoms with Crippen LogP contribution in [0.3, 0.4) is 0 Å². The number of carbonyl (C=O) groups is 1. The predicted molar refractivity (Wildman–Crippen MR) is 80.0 cm³/mol. The molecule has 0 aliphatic carbocycles. The lowest BCUT2D eigenvalue weighted by Crippen LogP contribution is -2.38. The van der Waals surface area contributed by atoms with Gasteiger partial charge >= 0.3 is 0 Å². The van der Waals surface area contributed by atoms with Gasteiger partial charge in [0.1, 0.15) is 0 Å². The fraction of sp³-hybridized carbons (Fsp3) is 0.438. The van der Waals surface area contributed by atoms with Crippen molar-refractivity contribution in [1.29, 1.82) is 0 Å². The maximum absolute atomic E-state index is 12.1. The molecule has 3 nitrogen and oxygen atoms in total. The predicted octanol–water partition coefficient (Wildman–Crippen LogP) is 2.51. The van der Waals surface area contributed by atoms with Gasteiger partial charge in [-0.15, -0.1) is 6.58 Å². The molecule has 0 spiro atoms. The average Bonchev–Trinajstić information content (AvgIpc) is 2.41. The molecule has 1 aromatic carbocycles. The Balaban J connectivity index is 2.58. The molecule has 1 N–H and O–H groups in total. The first-order valence-corrected chi connectivity index (χ1v) is 6.82. The summed E-state index contributed by atoms with van der Waals surface area (Å²) in [6, 6.07) is 8.34. The third-order valence-electron chi connectivity index (χ3n) is 2.91. The van der Waals surface area contributed by atoms with Crippen LogP contribution in [0.1, 0.15) is 24.5 Å². The van der Waals surface area contributed by atoms with Crippen LogP contribution in [0, 0.1) is 6.92 Å². The second-order valence-electron chi connectivity index (χ2n) is 4.72. The Labute approximate surface area is 116 Å². The normalized spacial score (nSPS) is 10.2. The van der Waals surface area contributed by atoms with Gasteiger partial charge in [0.25, 0.3) is 0 Å². The van der Waals surface area contributed by atoms with E-state index in [9.17, 15) is 4.79 Å². The van der Waals surface area contributed by atoms with Crippen molar-refractivity contribution < 1.29 is 4.79 Å². The summed E-state index contributed by atoms with van der Waals surface area (Å²) in [6.45, 7) is 10.3. The molecule has 0 aliphatic rings. The lowest BCUT2D eigenvalue weighted by molar-refractivity contribution is -0.130. The zero-order valence-corrected chi connectivity index (χ0v) is 12.0. The highest BCUT2D eigenvalue weighted by molar-refractivity contribution is 5.78. The summed E-state index contributed by atoms with van der Waals surface area (Å²) < 4.78 is 0. The molecule has 3 heteroatoms. The summed E-state index contributed by atoms with van der Waals surface area (Å²) >= 11 is 0. The van der Waals surface area contributed by atoms with Gasteiger partial charge in [0, 0.05) is 19.6 Å². The quantitative estimate of drug-likeness (QED) is 0.575. The van der Waals surface area contributed by atoms with Crippen LogP contribution < -0.4 is 5.32 Å². The Bertz CT molecular complexity index is 398. The molecule has 0 aliphatic heterocycles. The van der Waals surface area contributed by atoms with Crippen LogP contribution in [0.5, 0.6) is 0 Å². The summed E-state index contributed by atoms with van der Waals surface area (Å²) in [5.74, 6) is 0.143. The van der Waals surface area contributed by atoms with Crippen LogP contribution in [0.4, 0.5) is 0 Å². The van der Waals surface area contributed by atoms with Crippen molar-refractivity contribution in [3.05, 3.63) is 48.0 Å². The van der Waals surface area contributed by atoms with Crippen molar-refractivity contribution >= 4 is 5.91 Å². The number of rotatable bonds is 8. The fourth-order valence-electron chi connectivity index (χ4n) is 1.87. The number of benzene rings is 1. The number of nitrogens with zero attached hydrogens (tertiary/aromatic N) is 1. The van der Waals surface area contributed by atoms with E-state index in [0.717, 1.165) is 13.0 Å². The van der Waals surface area contributed by atoms with Gasteiger partial charge in [-0.05, 0) is 18.9 Å². The highest BCUT2D eigenvalue weighted by Crippen LogP contribution is 2.07. The van der Waals surface area contributed by atoms with E-state index in [-0.39, 0.29) is 5.91 Å². The van der Waals surface area contributed by atoms with Crippen molar-refractivity contribution in [3.8, 4) is 0 Å². The second kappa shape index (κ2) is 8.48. The van der Waals surface area contributed by atoms with Crippen molar-refractivity contribution in [3.63, 3.8) is 0 Å². The summed E-state index contributed by atoms with van der Waals surface area (Å²) in [6.07, 6.45) is 2.73. The zero-order chi connectivity index (χ0) is 14.1. The first-order valence-electron chi connectivity index (χ1n) is 6.82. The van der Waals surface area contributed by atoms with E-state index < -0.39 is 0 Å². The molecule has 0 aromatic heterocycles. The molecule has 0 unspecified atom stereocenters. The zero-order valence-electron chi connectivity index (χ0n) is 12.0. The molecule has 0 atom stereocenters. The van der Waals surface area contributed by atoms with Crippen molar-refractivity contribution in [2.45, 2.75) is 26.8 Å². The monoisotopic (exact) mass is 260 g/mol. The standard InChI is InChI=1S/C16H24N2O/c1-4-10-17-12-16(19)18(11-5-2)13-15-8-6-14(3)7-9-15/h4,6-9,17H,1,5,10-13H2,2-3H3. The Morgan fingerprint density at radius 2 is 2.05 bits per heavy atom. The second-order valence-corrected chi connectivity index (χ2v) is 4.72. The van der Waals surface area contributed by atoms with Gasteiger partial charge < -0.3 is 10.2 Å². The first-order chi connectivity index (χ1) is 9.17. The fourth-order valence-corrected chi connectivity index (χ4v) is 1.87. The molecular formula is C16H24N2O. The highest BCUT2D eigenvalue weighted by atomic mass is 16.2. The smallest absolute Gasteiger partial charge is 0.236 e. The molecule has 1 rings (SSSR count). The lowest BCUT2D eigenvalue weighted by Gasteiger charge is -2.22. The summed E-state index contributed by atoms with van der Waals surface area (Å²) in [5, 5.41) is 3.06. The molecule has 19 heavy (non-hydrogen) atoms. The highest BCUT2D eigenvalue weighted by Gasteiger charge is 2.12. The van der Waals surface area contributed by atoms with Crippen LogP contribution in [-0.2, 0) is 11.3 Å². The molecular weight excluding hydrogens is 236 g/mol. The van der Waals surface area contributed by atoms with Gasteiger partial charge in [0.2, 0.25) is 5.91 Å². The summed E-state index contributed by atoms with van der Waals surface area (Å²) in [7, 11) is 0. The number of carbonyl (C=O) groups excluding carboxylic acids is 1. The van der Waals surface area contributed by atoms with E-state index in [1.807, 2.05) is 4.90 Å². The van der Waals surface area contributed by atoms with E-state index in [1.54, 1.807) is 6.08 Å². The van der Waals surface area contributed by atoms with E-state index in [4.69, 9.17) is 0 Å². The molecule has 0 heterocycles. The van der Waals surface area contributed by atoms with Gasteiger partial charge in [-0.1, -0.05) is 42.8 Å². The van der Waals surface area contributed by atoms with E-state index >= 15 is 0 Å². The number of hydrogen-bond donors (Lipinski definition) is 1. The number of aryl methyl sites for hydroxylation is 1. The number of amides is 1. The van der Waals surface area contributed by atoms with E-state index in [2.05, 4.69) is 50.0 Å². The van der Waals surface area contributed by atoms with E-state index in [0.29, 0.717) is 19.6 Å². The van der Waals surface area contributed by atoms with Gasteiger partial charge in [0.05, 0.1) is 6.54 Å². The Kier molecular flexibility index (Phi) is 6.90. The Hall–Kier alpha value is -1.61. The summed E-state index contributed by atoms with van der Waals surface area (Å²) in [4.78, 5) is 14.0. The van der Waals surface area contributed by atoms with Crippen molar-refractivity contribution in [2.24, 2.45) is 0 Å². The number of hydrogen-bond acceptors (Lipinski definition) is 2. The van der Waals surface area contributed by atoms with Crippen molar-refractivity contribution in [1.82, 2.24) is 10.2 Å². The molecule has 0 bridgehead atoms. The first kappa shape index (κ1) is 15.4. The molecule has 1 aromatic rings. The van der Waals surface area contributed by atoms with E-state index in [1.165, 1.54) is 11.1 Å². The third kappa shape index (κ3) is 5.71. The van der Waals surface area contributed by atoms with Gasteiger partial charge in [-0.3, -0.25) is 4.79 Å². The molecule has 0 radical (unpaired) electrons. The van der Waals surface area contributed by atoms with Gasteiger partial charge in [0.15, 0.2) is 0 Å². The SMILES string of the molecule is C=CCNCC(=O)N(CCC)Cc1ccc(C)cc1. The molecule has 0 fully saturated rings. The van der Waals surface area contributed by atoms with Crippen LogP contribution in [0.2, 0.25) is 0 Å². The van der Waals surface area contributed by atoms with Crippen LogP contribution in [-0.4, -0.2) is 30.4 Å². The minimum absolute atomic E-state index is 0.143. The largest absolute Gasteiger partial charge is 0.337 e. The van der Waals surface area contributed by atoms with Crippen LogP contribution in [0.25, 0.3) is 0 Å². The minimum Gasteiger partial charge on any atom is -0.337 e. The van der Waals surface area contributed by atoms with Crippen LogP contribution in [0.15, 0.2) is 36.9 Å². The summed E-state index contributed by atoms with van der Waals surface area (Å²) in [5.41, 5.74) is 2.42. The molecule has 0 saturated heterocycles. The van der Waals surface area contributed by atoms with Gasteiger partial charge in [-0.25, -0.2) is 0 Å². The third-order valence-corrected chi connectivity index (χ3v) is 2.91. The maximum atomic E-state index is 12.1. The number of nitrogens with one attached hydrogen (secondary N) is 1. The topological polar surface area (TPSA) is 32.3 Å². The Morgan fingerprint density at radius 3 is 2.63 bits per heavy atom. The molecule has 104 valence electrons. The van der Waals surface area contributed by atoms with Gasteiger partial charge in [-0.2, -0.15) is 0 Å². The lowest BCUT2D eigenvalue weighted by atomic mass is 10.1.